The number of anilines is 1. The van der Waals surface area contributed by atoms with Crippen LogP contribution in [0.15, 0.2) is 60.8 Å². The van der Waals surface area contributed by atoms with Crippen LogP contribution in [0.4, 0.5) is 18.9 Å². The molecular weight excluding hydrogens is 830 g/mol. The van der Waals surface area contributed by atoms with Crippen molar-refractivity contribution < 1.29 is 37.1 Å². The van der Waals surface area contributed by atoms with Crippen LogP contribution in [-0.4, -0.2) is 76.2 Å². The highest BCUT2D eigenvalue weighted by Crippen LogP contribution is 2.56. The maximum absolute atomic E-state index is 13.7. The molecule has 0 bridgehead atoms. The summed E-state index contributed by atoms with van der Waals surface area (Å²) >= 11 is 1.59. The van der Waals surface area contributed by atoms with Crippen molar-refractivity contribution in [1.82, 2.24) is 25.1 Å². The Balaban J connectivity index is 0.727. The van der Waals surface area contributed by atoms with Gasteiger partial charge in [-0.25, -0.2) is 9.97 Å². The highest BCUT2D eigenvalue weighted by molar-refractivity contribution is 7.18. The van der Waals surface area contributed by atoms with Gasteiger partial charge in [-0.1, -0.05) is 24.8 Å². The zero-order chi connectivity index (χ0) is 44.2. The molecule has 2 aliphatic heterocycles. The van der Waals surface area contributed by atoms with Gasteiger partial charge in [0.05, 0.1) is 45.2 Å². The summed E-state index contributed by atoms with van der Waals surface area (Å²) in [5.74, 6) is 0.503. The Morgan fingerprint density at radius 3 is 2.44 bits per heavy atom. The van der Waals surface area contributed by atoms with E-state index in [9.17, 15) is 32.3 Å². The number of aryl methyl sites for hydroxylation is 1. The lowest BCUT2D eigenvalue weighted by molar-refractivity contribution is -0.141. The molecule has 332 valence electrons. The predicted molar refractivity (Wildman–Crippen MR) is 234 cm³/mol. The number of amides is 4. The third-order valence-electron chi connectivity index (χ3n) is 14.6. The minimum Gasteiger partial charge on any atom is -0.494 e. The average molecular weight is 883 g/mol. The molecule has 3 saturated carbocycles. The number of ether oxygens (including phenoxy) is 1. The topological polar surface area (TPSA) is 134 Å². The fraction of sp³-hybridized carbons (Fsp3) is 0.500. The van der Waals surface area contributed by atoms with Crippen LogP contribution in [0.2, 0.25) is 0 Å². The van der Waals surface area contributed by atoms with Crippen molar-refractivity contribution in [2.75, 3.05) is 26.0 Å². The van der Waals surface area contributed by atoms with E-state index in [2.05, 4.69) is 34.1 Å². The Hall–Kier alpha value is -5.15. The van der Waals surface area contributed by atoms with Crippen LogP contribution in [0, 0.1) is 17.3 Å². The number of rotatable bonds is 11. The number of benzene rings is 2. The highest BCUT2D eigenvalue weighted by atomic mass is 32.1. The van der Waals surface area contributed by atoms with Gasteiger partial charge in [0.2, 0.25) is 5.91 Å². The van der Waals surface area contributed by atoms with Crippen molar-refractivity contribution in [3.05, 3.63) is 93.9 Å². The number of piperidine rings is 1. The number of hydrogen-bond acceptors (Lipinski definition) is 9. The molecule has 4 heterocycles. The van der Waals surface area contributed by atoms with Crippen LogP contribution in [0.3, 0.4) is 0 Å². The van der Waals surface area contributed by atoms with Crippen LogP contribution in [-0.2, 0) is 17.4 Å². The molecule has 1 unspecified atom stereocenters. The van der Waals surface area contributed by atoms with E-state index in [0.29, 0.717) is 63.9 Å². The fourth-order valence-corrected chi connectivity index (χ4v) is 12.3. The lowest BCUT2D eigenvalue weighted by atomic mass is 9.54. The van der Waals surface area contributed by atoms with Gasteiger partial charge in [-0.2, -0.15) is 13.2 Å². The van der Waals surface area contributed by atoms with Gasteiger partial charge >= 0.3 is 6.18 Å². The van der Waals surface area contributed by atoms with Crippen molar-refractivity contribution in [3.8, 4) is 5.75 Å². The number of alkyl halides is 3. The summed E-state index contributed by atoms with van der Waals surface area (Å²) in [4.78, 5) is 64.2. The molecule has 1 spiro atoms. The maximum atomic E-state index is 13.7. The molecule has 4 fully saturated rings. The first-order valence-electron chi connectivity index (χ1n) is 22.2. The number of halogens is 3. The molecule has 0 radical (unpaired) electrons. The summed E-state index contributed by atoms with van der Waals surface area (Å²) in [5, 5.41) is 6.45. The predicted octanol–water partition coefficient (Wildman–Crippen LogP) is 9.54. The number of pyridine rings is 1. The normalized spacial score (nSPS) is 26.3. The van der Waals surface area contributed by atoms with E-state index in [-0.39, 0.29) is 29.8 Å². The monoisotopic (exact) mass is 882 g/mol. The second-order valence-electron chi connectivity index (χ2n) is 18.6. The van der Waals surface area contributed by atoms with Gasteiger partial charge in [0.15, 0.2) is 0 Å². The van der Waals surface area contributed by atoms with Crippen molar-refractivity contribution >= 4 is 50.9 Å². The zero-order valence-corrected chi connectivity index (χ0v) is 36.5. The fourth-order valence-electron chi connectivity index (χ4n) is 11.2. The van der Waals surface area contributed by atoms with E-state index in [1.54, 1.807) is 29.5 Å². The summed E-state index contributed by atoms with van der Waals surface area (Å²) in [5.41, 5.74) is 2.40. The SMILES string of the molecule is C=C1NC(=O)CCC1N1C(=O)c2cccc(CCC3CC4(CCC(N(C)CC5CCC(c6nc7cc(OC)c(NC(=O)c8cccc(C(F)(F)F)n8)cc7s6)CC5)CC4)C3)c2C1=O. The zero-order valence-electron chi connectivity index (χ0n) is 35.7. The Morgan fingerprint density at radius 1 is 0.984 bits per heavy atom. The van der Waals surface area contributed by atoms with E-state index >= 15 is 0 Å². The summed E-state index contributed by atoms with van der Waals surface area (Å²) in [6.45, 7) is 5.03. The Morgan fingerprint density at radius 2 is 1.73 bits per heavy atom. The number of methoxy groups -OCH3 is 1. The second kappa shape index (κ2) is 17.1. The van der Waals surface area contributed by atoms with Crippen LogP contribution >= 0.6 is 11.3 Å². The van der Waals surface area contributed by atoms with Gasteiger partial charge in [0.1, 0.15) is 17.1 Å². The molecular formula is C48H53F3N6O5S. The molecule has 2 aromatic heterocycles. The number of carbonyl (C=O) groups excluding carboxylic acids is 4. The van der Waals surface area contributed by atoms with Crippen LogP contribution in [0.5, 0.6) is 5.75 Å². The van der Waals surface area contributed by atoms with E-state index in [1.807, 2.05) is 12.1 Å². The minimum absolute atomic E-state index is 0.136. The number of thiazole rings is 1. The lowest BCUT2D eigenvalue weighted by Crippen LogP contribution is -2.48. The molecule has 11 nitrogen and oxygen atoms in total. The Bertz CT molecular complexity index is 2460. The van der Waals surface area contributed by atoms with Crippen molar-refractivity contribution in [2.45, 2.75) is 114 Å². The van der Waals surface area contributed by atoms with Crippen LogP contribution in [0.25, 0.3) is 10.2 Å². The first kappa shape index (κ1) is 43.1. The van der Waals surface area contributed by atoms with Gasteiger partial charge in [0, 0.05) is 36.7 Å². The molecule has 2 aromatic carbocycles. The first-order chi connectivity index (χ1) is 30.2. The smallest absolute Gasteiger partial charge is 0.433 e. The molecule has 5 aliphatic rings. The van der Waals surface area contributed by atoms with E-state index in [4.69, 9.17) is 9.72 Å². The van der Waals surface area contributed by atoms with Gasteiger partial charge in [0.25, 0.3) is 17.7 Å². The number of nitrogens with zero attached hydrogens (tertiary/aromatic N) is 4. The number of imide groups is 1. The van der Waals surface area contributed by atoms with Crippen molar-refractivity contribution in [2.24, 2.45) is 17.3 Å². The summed E-state index contributed by atoms with van der Waals surface area (Å²) < 4.78 is 46.0. The van der Waals surface area contributed by atoms with Gasteiger partial charge in [-0.05, 0) is 138 Å². The standard InChI is InChI=1S/C48H53F3N6O5S/c1-27-37(16-17-41(58)52-27)57-45(60)33-7-4-6-30(42(33)46(57)61)13-12-29-24-47(25-29)20-18-32(19-21-47)56(2)26-28-10-14-31(15-11-28)44-55-36-22-38(62-3)35(23-39(36)63-44)54-43(59)34-8-5-9-40(53-34)48(49,50)51/h4-9,22-23,28-29,31-32,37H,1,10-21,24-26H2,2-3H3,(H,52,58)(H,54,59). The number of carbonyl (C=O) groups is 4. The third-order valence-corrected chi connectivity index (χ3v) is 15.8. The molecule has 9 rings (SSSR count). The average Bonchev–Trinajstić information content (AvgIpc) is 3.79. The molecule has 15 heteroatoms. The van der Waals surface area contributed by atoms with Crippen molar-refractivity contribution in [1.29, 1.82) is 0 Å². The Kier molecular flexibility index (Phi) is 11.7. The number of aromatic nitrogens is 2. The molecule has 3 aliphatic carbocycles. The van der Waals surface area contributed by atoms with Crippen molar-refractivity contribution in [3.63, 3.8) is 0 Å². The largest absolute Gasteiger partial charge is 0.494 e. The number of hydrogen-bond donors (Lipinski definition) is 2. The number of fused-ring (bicyclic) bond motifs is 2. The maximum Gasteiger partial charge on any atom is 0.433 e. The van der Waals surface area contributed by atoms with E-state index in [0.717, 1.165) is 78.0 Å². The third kappa shape index (κ3) is 8.62. The summed E-state index contributed by atoms with van der Waals surface area (Å²) in [7, 11) is 3.77. The molecule has 1 atom stereocenters. The first-order valence-corrected chi connectivity index (χ1v) is 23.0. The quantitative estimate of drug-likeness (QED) is 0.142. The van der Waals surface area contributed by atoms with Gasteiger partial charge < -0.3 is 20.3 Å². The summed E-state index contributed by atoms with van der Waals surface area (Å²) in [6.07, 6.45) is 9.56. The molecule has 1 saturated heterocycles. The van der Waals surface area contributed by atoms with Crippen LogP contribution in [0.1, 0.15) is 137 Å². The molecule has 4 aromatic rings. The van der Waals surface area contributed by atoms with Gasteiger partial charge in [-0.15, -0.1) is 11.3 Å². The van der Waals surface area contributed by atoms with E-state index < -0.39 is 23.8 Å². The van der Waals surface area contributed by atoms with Crippen LogP contribution < -0.4 is 15.4 Å². The minimum atomic E-state index is -4.66. The number of nitrogens with one attached hydrogen (secondary N) is 2. The second-order valence-corrected chi connectivity index (χ2v) is 19.6. The highest BCUT2D eigenvalue weighted by Gasteiger charge is 2.47. The van der Waals surface area contributed by atoms with E-state index in [1.165, 1.54) is 56.6 Å². The lowest BCUT2D eigenvalue weighted by Gasteiger charge is -2.53. The molecule has 2 N–H and O–H groups in total. The van der Waals surface area contributed by atoms with Gasteiger partial charge in [-0.3, -0.25) is 24.1 Å². The molecule has 4 amide bonds. The summed E-state index contributed by atoms with van der Waals surface area (Å²) in [6, 6.07) is 12.5. The Labute approximate surface area is 368 Å². The molecule has 63 heavy (non-hydrogen) atoms.